The summed E-state index contributed by atoms with van der Waals surface area (Å²) in [6.45, 7) is 4.26. The van der Waals surface area contributed by atoms with Crippen LogP contribution >= 0.6 is 23.2 Å². The first kappa shape index (κ1) is 10.6. The molecule has 0 bridgehead atoms. The molecule has 0 nitrogen and oxygen atoms in total. The summed E-state index contributed by atoms with van der Waals surface area (Å²) in [6.07, 6.45) is 4.33. The lowest BCUT2D eigenvalue weighted by molar-refractivity contribution is 0.640. The maximum atomic E-state index is 5.98. The molecule has 0 aromatic carbocycles. The fourth-order valence-corrected chi connectivity index (χ4v) is 1.60. The highest BCUT2D eigenvalue weighted by molar-refractivity contribution is 6.29. The van der Waals surface area contributed by atoms with Gasteiger partial charge in [-0.15, -0.1) is 23.2 Å². The Kier molecular flexibility index (Phi) is 6.67. The van der Waals surface area contributed by atoms with Gasteiger partial charge in [0.25, 0.3) is 0 Å². The van der Waals surface area contributed by atoms with Crippen molar-refractivity contribution < 1.29 is 0 Å². The second-order valence-electron chi connectivity index (χ2n) is 2.61. The van der Waals surface area contributed by atoms with Crippen LogP contribution in [-0.2, 0) is 0 Å². The molecule has 0 saturated heterocycles. The Morgan fingerprint density at radius 1 is 0.900 bits per heavy atom. The second-order valence-corrected chi connectivity index (χ2v) is 3.73. The van der Waals surface area contributed by atoms with Crippen LogP contribution < -0.4 is 0 Å². The summed E-state index contributed by atoms with van der Waals surface area (Å²) in [5.41, 5.74) is 0. The van der Waals surface area contributed by atoms with Gasteiger partial charge in [-0.05, 0) is 12.8 Å². The van der Waals surface area contributed by atoms with E-state index in [4.69, 9.17) is 23.2 Å². The number of hydrogen-bond acceptors (Lipinski definition) is 0. The van der Waals surface area contributed by atoms with E-state index < -0.39 is 0 Å². The van der Waals surface area contributed by atoms with Crippen LogP contribution in [0, 0.1) is 0 Å². The minimum atomic E-state index is 0.173. The van der Waals surface area contributed by atoms with E-state index in [0.29, 0.717) is 0 Å². The van der Waals surface area contributed by atoms with Crippen LogP contribution in [0.5, 0.6) is 0 Å². The zero-order chi connectivity index (χ0) is 7.98. The van der Waals surface area contributed by atoms with Crippen molar-refractivity contribution in [1.82, 2.24) is 0 Å². The molecule has 0 rings (SSSR count). The van der Waals surface area contributed by atoms with Gasteiger partial charge in [-0.25, -0.2) is 0 Å². The molecule has 0 aliphatic heterocycles. The molecule has 0 aliphatic carbocycles. The average molecular weight is 183 g/mol. The normalized spacial score (nSPS) is 16.8. The summed E-state index contributed by atoms with van der Waals surface area (Å²) in [5, 5.41) is 0.346. The van der Waals surface area contributed by atoms with Crippen LogP contribution in [0.4, 0.5) is 0 Å². The van der Waals surface area contributed by atoms with E-state index in [-0.39, 0.29) is 10.8 Å². The Morgan fingerprint density at radius 3 is 1.40 bits per heavy atom. The van der Waals surface area contributed by atoms with E-state index in [1.165, 1.54) is 0 Å². The molecule has 0 spiro atoms. The molecule has 62 valence electrons. The van der Waals surface area contributed by atoms with Gasteiger partial charge in [-0.1, -0.05) is 26.7 Å². The van der Waals surface area contributed by atoms with Gasteiger partial charge in [0.05, 0.1) is 0 Å². The van der Waals surface area contributed by atoms with Crippen LogP contribution in [-0.4, -0.2) is 10.8 Å². The van der Waals surface area contributed by atoms with Crippen molar-refractivity contribution in [2.75, 3.05) is 0 Å². The van der Waals surface area contributed by atoms with Gasteiger partial charge in [-0.3, -0.25) is 0 Å². The smallest absolute Gasteiger partial charge is 0.0499 e. The molecule has 0 fully saturated rings. The van der Waals surface area contributed by atoms with Crippen molar-refractivity contribution in [3.63, 3.8) is 0 Å². The number of hydrogen-bond donors (Lipinski definition) is 0. The molecule has 0 N–H and O–H groups in total. The highest BCUT2D eigenvalue weighted by Gasteiger charge is 2.13. The molecule has 0 aromatic heterocycles. The van der Waals surface area contributed by atoms with Crippen LogP contribution in [0.25, 0.3) is 0 Å². The lowest BCUT2D eigenvalue weighted by Gasteiger charge is -2.13. The maximum Gasteiger partial charge on any atom is 0.0499 e. The molecule has 0 aliphatic rings. The predicted octanol–water partition coefficient (Wildman–Crippen LogP) is 3.80. The fourth-order valence-electron chi connectivity index (χ4n) is 0.913. The first-order valence-electron chi connectivity index (χ1n) is 4.00. The minimum absolute atomic E-state index is 0.173. The van der Waals surface area contributed by atoms with Crippen LogP contribution in [0.15, 0.2) is 0 Å². The Bertz CT molecular complexity index is 63.7. The zero-order valence-electron chi connectivity index (χ0n) is 6.74. The largest absolute Gasteiger partial charge is 0.121 e. The monoisotopic (exact) mass is 182 g/mol. The molecular formula is C8H16Cl2. The first-order chi connectivity index (χ1) is 4.72. The molecule has 2 heteroatoms. The summed E-state index contributed by atoms with van der Waals surface area (Å²) in [6, 6.07) is 0. The molecule has 10 heavy (non-hydrogen) atoms. The van der Waals surface area contributed by atoms with Crippen molar-refractivity contribution in [2.24, 2.45) is 0 Å². The van der Waals surface area contributed by atoms with E-state index in [0.717, 1.165) is 25.7 Å². The summed E-state index contributed by atoms with van der Waals surface area (Å²) in [7, 11) is 0. The Labute approximate surface area is 73.9 Å². The lowest BCUT2D eigenvalue weighted by Crippen LogP contribution is -2.13. The van der Waals surface area contributed by atoms with E-state index >= 15 is 0 Å². The van der Waals surface area contributed by atoms with Gasteiger partial charge in [0, 0.05) is 10.8 Å². The number of rotatable bonds is 5. The van der Waals surface area contributed by atoms with Gasteiger partial charge < -0.3 is 0 Å². The minimum Gasteiger partial charge on any atom is -0.121 e. The summed E-state index contributed by atoms with van der Waals surface area (Å²) in [4.78, 5) is 0. The molecule has 0 heterocycles. The van der Waals surface area contributed by atoms with Crippen molar-refractivity contribution in [3.05, 3.63) is 0 Å². The van der Waals surface area contributed by atoms with E-state index in [1.807, 2.05) is 0 Å². The van der Waals surface area contributed by atoms with Crippen molar-refractivity contribution in [3.8, 4) is 0 Å². The topological polar surface area (TPSA) is 0 Å². The number of halogens is 2. The summed E-state index contributed by atoms with van der Waals surface area (Å²) >= 11 is 12.0. The van der Waals surface area contributed by atoms with Gasteiger partial charge in [0.15, 0.2) is 0 Å². The molecular weight excluding hydrogens is 167 g/mol. The van der Waals surface area contributed by atoms with Gasteiger partial charge in [-0.2, -0.15) is 0 Å². The average Bonchev–Trinajstić information content (AvgIpc) is 1.89. The van der Waals surface area contributed by atoms with Crippen molar-refractivity contribution in [2.45, 2.75) is 50.3 Å². The quantitative estimate of drug-likeness (QED) is 0.568. The SMILES string of the molecule is CCCC(Cl)C(Cl)CCC. The van der Waals surface area contributed by atoms with Crippen LogP contribution in [0.3, 0.4) is 0 Å². The molecule has 0 amide bonds. The summed E-state index contributed by atoms with van der Waals surface area (Å²) in [5.74, 6) is 0. The van der Waals surface area contributed by atoms with Crippen LogP contribution in [0.2, 0.25) is 0 Å². The number of alkyl halides is 2. The lowest BCUT2D eigenvalue weighted by atomic mass is 10.1. The standard InChI is InChI=1S/C8H16Cl2/c1-3-5-7(9)8(10)6-4-2/h7-8H,3-6H2,1-2H3. The third-order valence-corrected chi connectivity index (χ3v) is 2.70. The molecule has 0 aromatic rings. The van der Waals surface area contributed by atoms with Gasteiger partial charge in [0.2, 0.25) is 0 Å². The van der Waals surface area contributed by atoms with Crippen molar-refractivity contribution in [1.29, 1.82) is 0 Å². The first-order valence-corrected chi connectivity index (χ1v) is 4.87. The fraction of sp³-hybridized carbons (Fsp3) is 1.00. The third kappa shape index (κ3) is 4.40. The Hall–Kier alpha value is 0.580. The van der Waals surface area contributed by atoms with Gasteiger partial charge >= 0.3 is 0 Å². The second kappa shape index (κ2) is 6.30. The van der Waals surface area contributed by atoms with Crippen molar-refractivity contribution >= 4 is 23.2 Å². The summed E-state index contributed by atoms with van der Waals surface area (Å²) < 4.78 is 0. The molecule has 0 radical (unpaired) electrons. The molecule has 2 unspecified atom stereocenters. The predicted molar refractivity (Wildman–Crippen MR) is 49.1 cm³/mol. The Balaban J connectivity index is 3.38. The van der Waals surface area contributed by atoms with E-state index in [1.54, 1.807) is 0 Å². The van der Waals surface area contributed by atoms with E-state index in [9.17, 15) is 0 Å². The molecule has 2 atom stereocenters. The highest BCUT2D eigenvalue weighted by Crippen LogP contribution is 2.19. The highest BCUT2D eigenvalue weighted by atomic mass is 35.5. The molecule has 0 saturated carbocycles. The van der Waals surface area contributed by atoms with E-state index in [2.05, 4.69) is 13.8 Å². The maximum absolute atomic E-state index is 5.98. The zero-order valence-corrected chi connectivity index (χ0v) is 8.25. The van der Waals surface area contributed by atoms with Gasteiger partial charge in [0.1, 0.15) is 0 Å². The third-order valence-electron chi connectivity index (χ3n) is 1.52. The Morgan fingerprint density at radius 2 is 1.20 bits per heavy atom. The van der Waals surface area contributed by atoms with Crippen LogP contribution in [0.1, 0.15) is 39.5 Å².